The standard InChI is InChI=1S/C9H7N.C6H10O2/c1-2-6-9-8(4-1)5-3-7-10-9;1-3-5-8-6(7)4-2/h1-7H;4H,2-3,5H2,1H3. The van der Waals surface area contributed by atoms with Gasteiger partial charge in [0.1, 0.15) is 0 Å². The van der Waals surface area contributed by atoms with Crippen molar-refractivity contribution in [3.63, 3.8) is 0 Å². The minimum absolute atomic E-state index is 0.341. The molecule has 18 heavy (non-hydrogen) atoms. The number of aromatic nitrogens is 1. The molecule has 2 aromatic rings. The molecule has 3 nitrogen and oxygen atoms in total. The average molecular weight is 243 g/mol. The molecule has 0 aliphatic rings. The SMILES string of the molecule is C=CC(=O)OCCC.c1ccc2ncccc2c1. The van der Waals surface area contributed by atoms with Crippen LogP contribution >= 0.6 is 0 Å². The number of nitrogens with zero attached hydrogens (tertiary/aromatic N) is 1. The van der Waals surface area contributed by atoms with Crippen molar-refractivity contribution in [2.45, 2.75) is 13.3 Å². The first kappa shape index (κ1) is 13.9. The van der Waals surface area contributed by atoms with E-state index in [1.54, 1.807) is 0 Å². The van der Waals surface area contributed by atoms with Gasteiger partial charge in [-0.15, -0.1) is 0 Å². The van der Waals surface area contributed by atoms with Gasteiger partial charge >= 0.3 is 5.97 Å². The maximum absolute atomic E-state index is 10.2. The maximum atomic E-state index is 10.2. The molecule has 0 unspecified atom stereocenters. The molecule has 1 aromatic heterocycles. The molecule has 0 N–H and O–H groups in total. The number of hydrogen-bond acceptors (Lipinski definition) is 3. The number of ether oxygens (including phenoxy) is 1. The largest absolute Gasteiger partial charge is 0.463 e. The van der Waals surface area contributed by atoms with Crippen LogP contribution in [0.4, 0.5) is 0 Å². The number of carbonyl (C=O) groups excluding carboxylic acids is 1. The Morgan fingerprint density at radius 1 is 1.33 bits per heavy atom. The van der Waals surface area contributed by atoms with Crippen LogP contribution in [0.1, 0.15) is 13.3 Å². The zero-order valence-corrected chi connectivity index (χ0v) is 10.5. The van der Waals surface area contributed by atoms with Crippen LogP contribution < -0.4 is 0 Å². The Bertz CT molecular complexity index is 443. The highest BCUT2D eigenvalue weighted by Gasteiger charge is 1.89. The molecule has 0 amide bonds. The normalized spacial score (nSPS) is 9.17. The molecular formula is C15H17NO2. The summed E-state index contributed by atoms with van der Waals surface area (Å²) in [4.78, 5) is 14.4. The van der Waals surface area contributed by atoms with Crippen LogP contribution in [0.2, 0.25) is 0 Å². The number of rotatable bonds is 3. The highest BCUT2D eigenvalue weighted by Crippen LogP contribution is 2.07. The van der Waals surface area contributed by atoms with E-state index in [1.165, 1.54) is 5.39 Å². The summed E-state index contributed by atoms with van der Waals surface area (Å²) in [5.74, 6) is -0.341. The molecule has 3 heteroatoms. The second kappa shape index (κ2) is 8.01. The highest BCUT2D eigenvalue weighted by molar-refractivity contribution is 5.81. The molecular weight excluding hydrogens is 226 g/mol. The molecule has 0 bridgehead atoms. The third-order valence-corrected chi connectivity index (χ3v) is 2.13. The molecule has 0 aliphatic heterocycles. The number of hydrogen-bond donors (Lipinski definition) is 0. The zero-order chi connectivity index (χ0) is 13.2. The van der Waals surface area contributed by atoms with E-state index in [0.717, 1.165) is 18.0 Å². The Kier molecular flexibility index (Phi) is 6.19. The highest BCUT2D eigenvalue weighted by atomic mass is 16.5. The van der Waals surface area contributed by atoms with Gasteiger partial charge in [0.25, 0.3) is 0 Å². The molecule has 0 saturated carbocycles. The zero-order valence-electron chi connectivity index (χ0n) is 10.5. The van der Waals surface area contributed by atoms with Crippen molar-refractivity contribution < 1.29 is 9.53 Å². The number of benzene rings is 1. The summed E-state index contributed by atoms with van der Waals surface area (Å²) in [6.45, 7) is 5.67. The summed E-state index contributed by atoms with van der Waals surface area (Å²) in [7, 11) is 0. The molecule has 0 aliphatic carbocycles. The quantitative estimate of drug-likeness (QED) is 0.613. The third-order valence-electron chi connectivity index (χ3n) is 2.13. The van der Waals surface area contributed by atoms with Gasteiger partial charge in [-0.25, -0.2) is 4.79 Å². The van der Waals surface area contributed by atoms with Gasteiger partial charge in [-0.1, -0.05) is 37.8 Å². The van der Waals surface area contributed by atoms with Gasteiger partial charge in [-0.3, -0.25) is 4.98 Å². The molecule has 0 radical (unpaired) electrons. The summed E-state index contributed by atoms with van der Waals surface area (Å²) in [5.41, 5.74) is 1.06. The molecule has 0 fully saturated rings. The minimum Gasteiger partial charge on any atom is -0.463 e. The first-order valence-electron chi connectivity index (χ1n) is 5.87. The topological polar surface area (TPSA) is 39.2 Å². The molecule has 0 atom stereocenters. The van der Waals surface area contributed by atoms with E-state index in [0.29, 0.717) is 6.61 Å². The average Bonchev–Trinajstić information content (AvgIpc) is 2.45. The summed E-state index contributed by atoms with van der Waals surface area (Å²) < 4.78 is 4.58. The Labute approximate surface area is 107 Å². The third kappa shape index (κ3) is 4.78. The van der Waals surface area contributed by atoms with E-state index >= 15 is 0 Å². The van der Waals surface area contributed by atoms with Gasteiger partial charge < -0.3 is 4.74 Å². The lowest BCUT2D eigenvalue weighted by atomic mass is 10.2. The predicted octanol–water partition coefficient (Wildman–Crippen LogP) is 3.36. The van der Waals surface area contributed by atoms with E-state index in [4.69, 9.17) is 0 Å². The van der Waals surface area contributed by atoms with Gasteiger partial charge in [-0.2, -0.15) is 0 Å². The van der Waals surface area contributed by atoms with Crippen LogP contribution in [0.5, 0.6) is 0 Å². The lowest BCUT2D eigenvalue weighted by Gasteiger charge is -1.94. The van der Waals surface area contributed by atoms with Gasteiger partial charge in [0.05, 0.1) is 12.1 Å². The van der Waals surface area contributed by atoms with Crippen LogP contribution in [0, 0.1) is 0 Å². The van der Waals surface area contributed by atoms with Gasteiger partial charge in [0, 0.05) is 17.7 Å². The van der Waals surface area contributed by atoms with Crippen molar-refractivity contribution in [1.29, 1.82) is 0 Å². The minimum atomic E-state index is -0.341. The van der Waals surface area contributed by atoms with Crippen molar-refractivity contribution in [3.8, 4) is 0 Å². The van der Waals surface area contributed by atoms with E-state index < -0.39 is 0 Å². The fourth-order valence-corrected chi connectivity index (χ4v) is 1.28. The van der Waals surface area contributed by atoms with Crippen LogP contribution in [0.15, 0.2) is 55.3 Å². The Morgan fingerprint density at radius 3 is 2.72 bits per heavy atom. The van der Waals surface area contributed by atoms with Crippen molar-refractivity contribution in [1.82, 2.24) is 4.98 Å². The molecule has 2 rings (SSSR count). The number of esters is 1. The Hall–Kier alpha value is -2.16. The molecule has 1 heterocycles. The van der Waals surface area contributed by atoms with Gasteiger partial charge in [-0.05, 0) is 18.6 Å². The second-order valence-electron chi connectivity index (χ2n) is 3.57. The van der Waals surface area contributed by atoms with Crippen molar-refractivity contribution >= 4 is 16.9 Å². The number of carbonyl (C=O) groups is 1. The van der Waals surface area contributed by atoms with Crippen LogP contribution in [0.3, 0.4) is 0 Å². The summed E-state index contributed by atoms with van der Waals surface area (Å²) in [6.07, 6.45) is 3.83. The monoisotopic (exact) mass is 243 g/mol. The smallest absolute Gasteiger partial charge is 0.330 e. The number of para-hydroxylation sites is 1. The van der Waals surface area contributed by atoms with E-state index in [1.807, 2.05) is 37.4 Å². The first-order chi connectivity index (χ1) is 8.77. The Morgan fingerprint density at radius 2 is 2.06 bits per heavy atom. The maximum Gasteiger partial charge on any atom is 0.330 e. The first-order valence-corrected chi connectivity index (χ1v) is 5.87. The summed E-state index contributed by atoms with van der Waals surface area (Å²) in [6, 6.07) is 12.1. The van der Waals surface area contributed by atoms with E-state index in [-0.39, 0.29) is 5.97 Å². The van der Waals surface area contributed by atoms with Crippen molar-refractivity contribution in [2.24, 2.45) is 0 Å². The molecule has 0 saturated heterocycles. The molecule has 0 spiro atoms. The van der Waals surface area contributed by atoms with Gasteiger partial charge in [0.15, 0.2) is 0 Å². The van der Waals surface area contributed by atoms with Gasteiger partial charge in [0.2, 0.25) is 0 Å². The van der Waals surface area contributed by atoms with E-state index in [2.05, 4.69) is 28.4 Å². The number of pyridine rings is 1. The fraction of sp³-hybridized carbons (Fsp3) is 0.200. The summed E-state index contributed by atoms with van der Waals surface area (Å²) >= 11 is 0. The predicted molar refractivity (Wildman–Crippen MR) is 73.2 cm³/mol. The molecule has 94 valence electrons. The van der Waals surface area contributed by atoms with E-state index in [9.17, 15) is 4.79 Å². The second-order valence-corrected chi connectivity index (χ2v) is 3.57. The van der Waals surface area contributed by atoms with Crippen LogP contribution in [-0.2, 0) is 9.53 Å². The Balaban J connectivity index is 0.000000187. The van der Waals surface area contributed by atoms with Crippen LogP contribution in [-0.4, -0.2) is 17.6 Å². The molecule has 1 aromatic carbocycles. The lowest BCUT2D eigenvalue weighted by molar-refractivity contribution is -0.137. The number of fused-ring (bicyclic) bond motifs is 1. The lowest BCUT2D eigenvalue weighted by Crippen LogP contribution is -1.99. The van der Waals surface area contributed by atoms with Crippen molar-refractivity contribution in [2.75, 3.05) is 6.61 Å². The summed E-state index contributed by atoms with van der Waals surface area (Å²) in [5, 5.41) is 1.20. The van der Waals surface area contributed by atoms with Crippen molar-refractivity contribution in [3.05, 3.63) is 55.3 Å². The fourth-order valence-electron chi connectivity index (χ4n) is 1.28. The van der Waals surface area contributed by atoms with Crippen LogP contribution in [0.25, 0.3) is 10.9 Å².